The van der Waals surface area contributed by atoms with Gasteiger partial charge in [0.1, 0.15) is 5.75 Å². The normalized spacial score (nSPS) is 9.41. The van der Waals surface area contributed by atoms with Crippen LogP contribution in [0.25, 0.3) is 0 Å². The number of amides is 1. The minimum Gasteiger partial charge on any atom is -0.508 e. The number of benzene rings is 1. The van der Waals surface area contributed by atoms with E-state index in [1.807, 2.05) is 0 Å². The summed E-state index contributed by atoms with van der Waals surface area (Å²) in [7, 11) is 0. The molecule has 5 nitrogen and oxygen atoms in total. The first kappa shape index (κ1) is 13.1. The molecule has 1 amide bonds. The molecule has 1 aromatic carbocycles. The number of carbonyl (C=O) groups is 1. The van der Waals surface area contributed by atoms with E-state index >= 15 is 0 Å². The second-order valence-electron chi connectivity index (χ2n) is 3.12. The third kappa shape index (κ3) is 4.62. The van der Waals surface area contributed by atoms with Crippen LogP contribution in [0.5, 0.6) is 5.75 Å². The van der Waals surface area contributed by atoms with Gasteiger partial charge < -0.3 is 5.11 Å². The van der Waals surface area contributed by atoms with Crippen molar-refractivity contribution in [1.29, 1.82) is 0 Å². The molecule has 0 saturated heterocycles. The van der Waals surface area contributed by atoms with Crippen LogP contribution in [0.3, 0.4) is 0 Å². The Bertz CT molecular complexity index is 417. The number of rotatable bonds is 4. The maximum atomic E-state index is 11.6. The van der Waals surface area contributed by atoms with E-state index in [0.717, 1.165) is 0 Å². The zero-order valence-electron chi connectivity index (χ0n) is 9.06. The van der Waals surface area contributed by atoms with Crippen LogP contribution < -0.4 is 16.2 Å². The molecule has 0 unspecified atom stereocenters. The maximum Gasteiger partial charge on any atom is 0.257 e. The van der Waals surface area contributed by atoms with Gasteiger partial charge in [-0.2, -0.15) is 0 Å². The SMILES string of the molecule is C=CCNNC(=S)NC(=O)c1ccc(O)cc1. The Morgan fingerprint density at radius 1 is 1.41 bits per heavy atom. The number of hydrazine groups is 1. The zero-order chi connectivity index (χ0) is 12.7. The summed E-state index contributed by atoms with van der Waals surface area (Å²) in [6, 6.07) is 5.87. The summed E-state index contributed by atoms with van der Waals surface area (Å²) in [6.45, 7) is 4.04. The second kappa shape index (κ2) is 6.62. The highest BCUT2D eigenvalue weighted by atomic mass is 32.1. The molecule has 0 heterocycles. The molecule has 0 atom stereocenters. The van der Waals surface area contributed by atoms with Crippen molar-refractivity contribution in [2.45, 2.75) is 0 Å². The van der Waals surface area contributed by atoms with Gasteiger partial charge in [-0.15, -0.1) is 6.58 Å². The van der Waals surface area contributed by atoms with Crippen LogP contribution in [0.4, 0.5) is 0 Å². The molecule has 0 bridgehead atoms. The Balaban J connectivity index is 2.46. The lowest BCUT2D eigenvalue weighted by atomic mass is 10.2. The molecule has 90 valence electrons. The van der Waals surface area contributed by atoms with Gasteiger partial charge in [0.15, 0.2) is 5.11 Å². The molecule has 6 heteroatoms. The smallest absolute Gasteiger partial charge is 0.257 e. The number of hydrogen-bond acceptors (Lipinski definition) is 4. The molecule has 0 saturated carbocycles. The van der Waals surface area contributed by atoms with Crippen LogP contribution in [0, 0.1) is 0 Å². The van der Waals surface area contributed by atoms with E-state index in [1.54, 1.807) is 6.08 Å². The molecule has 0 radical (unpaired) electrons. The van der Waals surface area contributed by atoms with Crippen molar-refractivity contribution >= 4 is 23.2 Å². The molecular formula is C11H13N3O2S. The summed E-state index contributed by atoms with van der Waals surface area (Å²) in [5.74, 6) is -0.238. The fourth-order valence-corrected chi connectivity index (χ4v) is 1.19. The number of hydrogen-bond donors (Lipinski definition) is 4. The van der Waals surface area contributed by atoms with Crippen molar-refractivity contribution in [3.05, 3.63) is 42.5 Å². The first-order valence-corrected chi connectivity index (χ1v) is 5.28. The fraction of sp³-hybridized carbons (Fsp3) is 0.0909. The molecule has 0 aromatic heterocycles. The van der Waals surface area contributed by atoms with Gasteiger partial charge in [0.2, 0.25) is 0 Å². The molecule has 1 rings (SSSR count). The lowest BCUT2D eigenvalue weighted by Crippen LogP contribution is -2.46. The lowest BCUT2D eigenvalue weighted by Gasteiger charge is -2.09. The number of thiocarbonyl (C=S) groups is 1. The van der Waals surface area contributed by atoms with E-state index in [1.165, 1.54) is 24.3 Å². The molecule has 17 heavy (non-hydrogen) atoms. The Labute approximate surface area is 105 Å². The highest BCUT2D eigenvalue weighted by Crippen LogP contribution is 2.09. The summed E-state index contributed by atoms with van der Waals surface area (Å²) in [6.07, 6.45) is 1.65. The highest BCUT2D eigenvalue weighted by molar-refractivity contribution is 7.80. The summed E-state index contributed by atoms with van der Waals surface area (Å²) in [5, 5.41) is 11.7. The summed E-state index contributed by atoms with van der Waals surface area (Å²) in [4.78, 5) is 11.6. The Hall–Kier alpha value is -1.92. The van der Waals surface area contributed by atoms with Gasteiger partial charge in [-0.25, -0.2) is 5.43 Å². The van der Waals surface area contributed by atoms with Crippen LogP contribution in [0.15, 0.2) is 36.9 Å². The number of aromatic hydroxyl groups is 1. The van der Waals surface area contributed by atoms with Gasteiger partial charge in [-0.3, -0.25) is 15.5 Å². The zero-order valence-corrected chi connectivity index (χ0v) is 9.88. The largest absolute Gasteiger partial charge is 0.508 e. The van der Waals surface area contributed by atoms with E-state index in [2.05, 4.69) is 22.7 Å². The molecule has 0 aliphatic rings. The minimum atomic E-state index is -0.345. The number of carbonyl (C=O) groups excluding carboxylic acids is 1. The van der Waals surface area contributed by atoms with Gasteiger partial charge >= 0.3 is 0 Å². The van der Waals surface area contributed by atoms with E-state index in [-0.39, 0.29) is 16.8 Å². The minimum absolute atomic E-state index is 0.106. The molecular weight excluding hydrogens is 238 g/mol. The van der Waals surface area contributed by atoms with Crippen LogP contribution in [0.2, 0.25) is 0 Å². The first-order valence-electron chi connectivity index (χ1n) is 4.87. The molecule has 0 fully saturated rings. The Morgan fingerprint density at radius 3 is 2.65 bits per heavy atom. The van der Waals surface area contributed by atoms with Crippen molar-refractivity contribution in [2.24, 2.45) is 0 Å². The molecule has 4 N–H and O–H groups in total. The monoisotopic (exact) mass is 251 g/mol. The average molecular weight is 251 g/mol. The molecule has 0 spiro atoms. The van der Waals surface area contributed by atoms with E-state index in [4.69, 9.17) is 17.3 Å². The van der Waals surface area contributed by atoms with Crippen LogP contribution in [0.1, 0.15) is 10.4 Å². The Kier molecular flexibility index (Phi) is 5.12. The van der Waals surface area contributed by atoms with Crippen molar-refractivity contribution in [1.82, 2.24) is 16.2 Å². The van der Waals surface area contributed by atoms with Crippen LogP contribution in [-0.4, -0.2) is 22.7 Å². The van der Waals surface area contributed by atoms with Gasteiger partial charge in [-0.1, -0.05) is 6.08 Å². The third-order valence-electron chi connectivity index (χ3n) is 1.80. The third-order valence-corrected chi connectivity index (χ3v) is 2.01. The van der Waals surface area contributed by atoms with Crippen molar-refractivity contribution in [2.75, 3.05) is 6.54 Å². The van der Waals surface area contributed by atoms with Gasteiger partial charge in [-0.05, 0) is 36.5 Å². The van der Waals surface area contributed by atoms with Crippen molar-refractivity contribution in [3.8, 4) is 5.75 Å². The van der Waals surface area contributed by atoms with Crippen molar-refractivity contribution < 1.29 is 9.90 Å². The van der Waals surface area contributed by atoms with Gasteiger partial charge in [0, 0.05) is 12.1 Å². The summed E-state index contributed by atoms with van der Waals surface area (Å²) in [5.41, 5.74) is 5.77. The van der Waals surface area contributed by atoms with Gasteiger partial charge in [0.05, 0.1) is 0 Å². The first-order chi connectivity index (χ1) is 8.13. The molecule has 1 aromatic rings. The highest BCUT2D eigenvalue weighted by Gasteiger charge is 2.06. The topological polar surface area (TPSA) is 73.4 Å². The average Bonchev–Trinajstić information content (AvgIpc) is 2.30. The van der Waals surface area contributed by atoms with E-state index in [9.17, 15) is 4.79 Å². The van der Waals surface area contributed by atoms with Crippen molar-refractivity contribution in [3.63, 3.8) is 0 Å². The Morgan fingerprint density at radius 2 is 2.06 bits per heavy atom. The summed E-state index contributed by atoms with van der Waals surface area (Å²) < 4.78 is 0. The fourth-order valence-electron chi connectivity index (χ4n) is 1.02. The van der Waals surface area contributed by atoms with Crippen LogP contribution >= 0.6 is 12.2 Å². The van der Waals surface area contributed by atoms with E-state index < -0.39 is 0 Å². The van der Waals surface area contributed by atoms with E-state index in [0.29, 0.717) is 12.1 Å². The lowest BCUT2D eigenvalue weighted by molar-refractivity contribution is 0.0976. The van der Waals surface area contributed by atoms with Crippen LogP contribution in [-0.2, 0) is 0 Å². The number of phenolic OH excluding ortho intramolecular Hbond substituents is 1. The predicted octanol–water partition coefficient (Wildman–Crippen LogP) is 0.687. The number of nitrogens with one attached hydrogen (secondary N) is 3. The maximum absolute atomic E-state index is 11.6. The van der Waals surface area contributed by atoms with Gasteiger partial charge in [0.25, 0.3) is 5.91 Å². The predicted molar refractivity (Wildman–Crippen MR) is 69.5 cm³/mol. The standard InChI is InChI=1S/C11H13N3O2S/c1-2-7-12-14-11(17)13-10(16)8-3-5-9(15)6-4-8/h2-6,12,15H,1,7H2,(H2,13,14,16,17). The second-order valence-corrected chi connectivity index (χ2v) is 3.53. The molecule has 0 aliphatic heterocycles. The molecule has 0 aliphatic carbocycles. The number of phenols is 1. The summed E-state index contributed by atoms with van der Waals surface area (Å²) >= 11 is 4.88. The quantitative estimate of drug-likeness (QED) is 0.274.